The van der Waals surface area contributed by atoms with E-state index < -0.39 is 0 Å². The van der Waals surface area contributed by atoms with Gasteiger partial charge in [-0.05, 0) is 61.8 Å². The predicted molar refractivity (Wildman–Crippen MR) is 87.0 cm³/mol. The number of fused-ring (bicyclic) bond motifs is 1. The van der Waals surface area contributed by atoms with Crippen LogP contribution in [0.25, 0.3) is 0 Å². The third kappa shape index (κ3) is 3.22. The summed E-state index contributed by atoms with van der Waals surface area (Å²) in [6.45, 7) is 1.99. The number of carbonyl (C=O) groups excluding carboxylic acids is 1. The number of aryl methyl sites for hydroxylation is 1. The van der Waals surface area contributed by atoms with Crippen molar-refractivity contribution in [2.45, 2.75) is 51.9 Å². The van der Waals surface area contributed by atoms with E-state index in [0.29, 0.717) is 0 Å². The van der Waals surface area contributed by atoms with Crippen molar-refractivity contribution in [2.75, 3.05) is 11.1 Å². The number of nitrogens with one attached hydrogen (secondary N) is 1. The first-order valence-corrected chi connectivity index (χ1v) is 8.30. The molecule has 1 amide bonds. The van der Waals surface area contributed by atoms with Gasteiger partial charge in [-0.1, -0.05) is 25.7 Å². The molecule has 0 heterocycles. The molecule has 0 spiro atoms. The van der Waals surface area contributed by atoms with E-state index in [4.69, 9.17) is 5.73 Å². The first-order chi connectivity index (χ1) is 10.1. The van der Waals surface area contributed by atoms with Crippen molar-refractivity contribution in [3.63, 3.8) is 0 Å². The van der Waals surface area contributed by atoms with Crippen LogP contribution in [0.2, 0.25) is 0 Å². The number of benzene rings is 1. The molecule has 3 atom stereocenters. The number of rotatable bonds is 2. The Hall–Kier alpha value is -1.51. The maximum absolute atomic E-state index is 12.5. The number of anilines is 2. The molecular formula is C18H26N2O. The largest absolute Gasteiger partial charge is 0.399 e. The molecule has 3 nitrogen and oxygen atoms in total. The van der Waals surface area contributed by atoms with Crippen molar-refractivity contribution >= 4 is 17.3 Å². The molecule has 1 aromatic rings. The Bertz CT molecular complexity index is 526. The highest BCUT2D eigenvalue weighted by molar-refractivity contribution is 5.93. The van der Waals surface area contributed by atoms with Gasteiger partial charge in [0.05, 0.1) is 0 Å². The number of hydrogen-bond acceptors (Lipinski definition) is 2. The summed E-state index contributed by atoms with van der Waals surface area (Å²) in [6, 6.07) is 5.67. The molecule has 114 valence electrons. The lowest BCUT2D eigenvalue weighted by molar-refractivity contribution is -0.122. The molecule has 0 aromatic heterocycles. The van der Waals surface area contributed by atoms with E-state index in [2.05, 4.69) is 5.32 Å². The monoisotopic (exact) mass is 286 g/mol. The molecule has 0 radical (unpaired) electrons. The van der Waals surface area contributed by atoms with Gasteiger partial charge in [-0.25, -0.2) is 0 Å². The van der Waals surface area contributed by atoms with Gasteiger partial charge in [0.2, 0.25) is 5.91 Å². The number of nitrogen functional groups attached to an aromatic ring is 1. The molecule has 3 heteroatoms. The second kappa shape index (κ2) is 6.08. The highest BCUT2D eigenvalue weighted by Crippen LogP contribution is 2.42. The van der Waals surface area contributed by atoms with Crippen molar-refractivity contribution in [1.82, 2.24) is 0 Å². The van der Waals surface area contributed by atoms with Gasteiger partial charge in [-0.2, -0.15) is 0 Å². The van der Waals surface area contributed by atoms with E-state index in [1.807, 2.05) is 25.1 Å². The summed E-state index contributed by atoms with van der Waals surface area (Å²) >= 11 is 0. The molecule has 3 unspecified atom stereocenters. The average Bonchev–Trinajstić information content (AvgIpc) is 2.49. The molecule has 2 fully saturated rings. The zero-order valence-corrected chi connectivity index (χ0v) is 12.9. The maximum atomic E-state index is 12.5. The fraction of sp³-hybridized carbons (Fsp3) is 0.611. The Balaban J connectivity index is 1.63. The van der Waals surface area contributed by atoms with Crippen molar-refractivity contribution in [3.8, 4) is 0 Å². The number of amides is 1. The van der Waals surface area contributed by atoms with Gasteiger partial charge in [0, 0.05) is 17.3 Å². The van der Waals surface area contributed by atoms with Gasteiger partial charge in [-0.3, -0.25) is 4.79 Å². The third-order valence-corrected chi connectivity index (χ3v) is 5.42. The summed E-state index contributed by atoms with van der Waals surface area (Å²) in [6.07, 6.45) is 8.84. The summed E-state index contributed by atoms with van der Waals surface area (Å²) < 4.78 is 0. The molecular weight excluding hydrogens is 260 g/mol. The third-order valence-electron chi connectivity index (χ3n) is 5.42. The first kappa shape index (κ1) is 14.4. The Morgan fingerprint density at radius 3 is 2.67 bits per heavy atom. The molecule has 0 aliphatic heterocycles. The SMILES string of the molecule is Cc1cc(N)ccc1NC(=O)C1CCC2CCCCC2C1. The van der Waals surface area contributed by atoms with Gasteiger partial charge in [-0.15, -0.1) is 0 Å². The van der Waals surface area contributed by atoms with Crippen molar-refractivity contribution < 1.29 is 4.79 Å². The van der Waals surface area contributed by atoms with E-state index in [1.165, 1.54) is 32.1 Å². The predicted octanol–water partition coefficient (Wildman–Crippen LogP) is 4.12. The average molecular weight is 286 g/mol. The maximum Gasteiger partial charge on any atom is 0.227 e. The van der Waals surface area contributed by atoms with E-state index in [-0.39, 0.29) is 11.8 Å². The Kier molecular flexibility index (Phi) is 4.18. The van der Waals surface area contributed by atoms with Crippen LogP contribution < -0.4 is 11.1 Å². The van der Waals surface area contributed by atoms with E-state index in [9.17, 15) is 4.79 Å². The quantitative estimate of drug-likeness (QED) is 0.803. The summed E-state index contributed by atoms with van der Waals surface area (Å²) in [7, 11) is 0. The smallest absolute Gasteiger partial charge is 0.227 e. The highest BCUT2D eigenvalue weighted by Gasteiger charge is 2.35. The molecule has 2 saturated carbocycles. The van der Waals surface area contributed by atoms with Crippen LogP contribution in [0, 0.1) is 24.7 Å². The van der Waals surface area contributed by atoms with Gasteiger partial charge < -0.3 is 11.1 Å². The summed E-state index contributed by atoms with van der Waals surface area (Å²) in [5, 5.41) is 3.11. The topological polar surface area (TPSA) is 55.1 Å². The lowest BCUT2D eigenvalue weighted by Gasteiger charge is -2.38. The lowest BCUT2D eigenvalue weighted by atomic mass is 9.67. The Morgan fingerprint density at radius 1 is 1.14 bits per heavy atom. The molecule has 0 saturated heterocycles. The highest BCUT2D eigenvalue weighted by atomic mass is 16.1. The molecule has 0 bridgehead atoms. The van der Waals surface area contributed by atoms with E-state index >= 15 is 0 Å². The molecule has 21 heavy (non-hydrogen) atoms. The van der Waals surface area contributed by atoms with Gasteiger partial charge in [0.25, 0.3) is 0 Å². The van der Waals surface area contributed by atoms with Crippen LogP contribution in [0.1, 0.15) is 50.5 Å². The molecule has 2 aliphatic carbocycles. The van der Waals surface area contributed by atoms with Gasteiger partial charge in [0.15, 0.2) is 0 Å². The van der Waals surface area contributed by atoms with Crippen molar-refractivity contribution in [1.29, 1.82) is 0 Å². The molecule has 1 aromatic carbocycles. The summed E-state index contributed by atoms with van der Waals surface area (Å²) in [4.78, 5) is 12.5. The molecule has 3 rings (SSSR count). The number of carbonyl (C=O) groups is 1. The second-order valence-corrected chi connectivity index (χ2v) is 6.88. The summed E-state index contributed by atoms with van der Waals surface area (Å²) in [5.41, 5.74) is 8.44. The van der Waals surface area contributed by atoms with E-state index in [1.54, 1.807) is 0 Å². The van der Waals surface area contributed by atoms with Crippen LogP contribution in [0.15, 0.2) is 18.2 Å². The van der Waals surface area contributed by atoms with Crippen molar-refractivity contribution in [2.24, 2.45) is 17.8 Å². The van der Waals surface area contributed by atoms with Crippen LogP contribution in [0.5, 0.6) is 0 Å². The fourth-order valence-corrected chi connectivity index (χ4v) is 4.17. The van der Waals surface area contributed by atoms with Gasteiger partial charge in [0.1, 0.15) is 0 Å². The van der Waals surface area contributed by atoms with Crippen LogP contribution in [0.3, 0.4) is 0 Å². The standard InChI is InChI=1S/C18H26N2O/c1-12-10-16(19)8-9-17(12)20-18(21)15-7-6-13-4-2-3-5-14(13)11-15/h8-10,13-15H,2-7,11,19H2,1H3,(H,20,21). The molecule has 3 N–H and O–H groups in total. The van der Waals surface area contributed by atoms with E-state index in [0.717, 1.165) is 41.6 Å². The molecule has 2 aliphatic rings. The minimum absolute atomic E-state index is 0.196. The van der Waals surface area contributed by atoms with Gasteiger partial charge >= 0.3 is 0 Å². The first-order valence-electron chi connectivity index (χ1n) is 8.30. The summed E-state index contributed by atoms with van der Waals surface area (Å²) in [5.74, 6) is 2.07. The van der Waals surface area contributed by atoms with Crippen LogP contribution in [0.4, 0.5) is 11.4 Å². The minimum Gasteiger partial charge on any atom is -0.399 e. The number of hydrogen-bond donors (Lipinski definition) is 2. The second-order valence-electron chi connectivity index (χ2n) is 6.88. The lowest BCUT2D eigenvalue weighted by Crippen LogP contribution is -2.34. The minimum atomic E-state index is 0.196. The zero-order chi connectivity index (χ0) is 14.8. The number of nitrogens with two attached hydrogens (primary N) is 1. The van der Waals surface area contributed by atoms with Crippen LogP contribution in [-0.4, -0.2) is 5.91 Å². The van der Waals surface area contributed by atoms with Crippen molar-refractivity contribution in [3.05, 3.63) is 23.8 Å². The van der Waals surface area contributed by atoms with Crippen LogP contribution in [-0.2, 0) is 4.79 Å². The fourth-order valence-electron chi connectivity index (χ4n) is 4.17. The normalized spacial score (nSPS) is 28.7. The van der Waals surface area contributed by atoms with Crippen LogP contribution >= 0.6 is 0 Å². The Labute approximate surface area is 127 Å². The Morgan fingerprint density at radius 2 is 1.90 bits per heavy atom. The zero-order valence-electron chi connectivity index (χ0n) is 12.9.